The number of unbranched alkanes of at least 4 members (excludes halogenated alkanes) is 3. The van der Waals surface area contributed by atoms with E-state index in [1.54, 1.807) is 12.7 Å². The molecule has 0 saturated carbocycles. The van der Waals surface area contributed by atoms with Gasteiger partial charge in [0.1, 0.15) is 5.82 Å². The van der Waals surface area contributed by atoms with Crippen LogP contribution in [0, 0.1) is 19.3 Å². The fourth-order valence-electron chi connectivity index (χ4n) is 5.89. The highest BCUT2D eigenvalue weighted by atomic mass is 16.5. The van der Waals surface area contributed by atoms with Crippen LogP contribution in [0.25, 0.3) is 10.9 Å². The molecule has 1 aliphatic carbocycles. The highest BCUT2D eigenvalue weighted by Gasteiger charge is 2.29. The first-order valence-corrected chi connectivity index (χ1v) is 14.5. The molecule has 1 saturated heterocycles. The first-order valence-electron chi connectivity index (χ1n) is 14.5. The van der Waals surface area contributed by atoms with Gasteiger partial charge in [0, 0.05) is 43.3 Å². The Morgan fingerprint density at radius 3 is 2.35 bits per heavy atom. The molecule has 204 valence electrons. The summed E-state index contributed by atoms with van der Waals surface area (Å²) in [5.74, 6) is 2.31. The number of methoxy groups -OCH3 is 1. The first kappa shape index (κ1) is 27.8. The van der Waals surface area contributed by atoms with E-state index < -0.39 is 0 Å². The number of aromatic nitrogens is 2. The van der Waals surface area contributed by atoms with Crippen LogP contribution in [0.3, 0.4) is 0 Å². The lowest BCUT2D eigenvalue weighted by Gasteiger charge is -2.36. The molecule has 4 rings (SSSR count). The molecule has 1 fully saturated rings. The fraction of sp³-hybridized carbons (Fsp3) is 0.677. The average Bonchev–Trinajstić information content (AvgIpc) is 3.28. The smallest absolute Gasteiger partial charge is 0.163 e. The highest BCUT2D eigenvalue weighted by Crippen LogP contribution is 2.41. The van der Waals surface area contributed by atoms with Gasteiger partial charge in [-0.2, -0.15) is 0 Å². The summed E-state index contributed by atoms with van der Waals surface area (Å²) in [4.78, 5) is 14.4. The lowest BCUT2D eigenvalue weighted by atomic mass is 9.83. The van der Waals surface area contributed by atoms with Crippen molar-refractivity contribution in [3.8, 4) is 11.5 Å². The van der Waals surface area contributed by atoms with E-state index in [1.165, 1.54) is 84.2 Å². The molecule has 1 aromatic heterocycles. The number of benzene rings is 1. The van der Waals surface area contributed by atoms with Crippen LogP contribution in [0.2, 0.25) is 0 Å². The summed E-state index contributed by atoms with van der Waals surface area (Å²) in [7, 11) is 1.69. The molecule has 37 heavy (non-hydrogen) atoms. The van der Waals surface area contributed by atoms with Crippen LogP contribution in [0.1, 0.15) is 76.7 Å². The van der Waals surface area contributed by atoms with Gasteiger partial charge in [0.15, 0.2) is 11.5 Å². The summed E-state index contributed by atoms with van der Waals surface area (Å²) < 4.78 is 11.7. The summed E-state index contributed by atoms with van der Waals surface area (Å²) in [5.41, 5.74) is 4.07. The summed E-state index contributed by atoms with van der Waals surface area (Å²) in [6.07, 6.45) is 12.5. The summed E-state index contributed by atoms with van der Waals surface area (Å²) in [5, 5.41) is 1.02. The molecule has 6 heteroatoms. The van der Waals surface area contributed by atoms with E-state index in [2.05, 4.69) is 39.7 Å². The molecule has 1 aromatic carbocycles. The van der Waals surface area contributed by atoms with Gasteiger partial charge in [0.05, 0.1) is 19.2 Å². The third-order valence-corrected chi connectivity index (χ3v) is 8.40. The third-order valence-electron chi connectivity index (χ3n) is 8.40. The van der Waals surface area contributed by atoms with Crippen molar-refractivity contribution in [1.29, 1.82) is 0 Å². The van der Waals surface area contributed by atoms with Crippen LogP contribution in [0.5, 0.6) is 11.5 Å². The maximum Gasteiger partial charge on any atom is 0.163 e. The van der Waals surface area contributed by atoms with Gasteiger partial charge in [-0.05, 0) is 76.9 Å². The molecule has 0 N–H and O–H groups in total. The second-order valence-electron chi connectivity index (χ2n) is 11.5. The number of rotatable bonds is 13. The van der Waals surface area contributed by atoms with Crippen molar-refractivity contribution in [2.24, 2.45) is 5.41 Å². The van der Waals surface area contributed by atoms with Crippen LogP contribution in [0.4, 0.5) is 0 Å². The van der Waals surface area contributed by atoms with Crippen molar-refractivity contribution in [1.82, 2.24) is 19.8 Å². The quantitative estimate of drug-likeness (QED) is 0.232. The van der Waals surface area contributed by atoms with Gasteiger partial charge >= 0.3 is 0 Å². The third kappa shape index (κ3) is 7.67. The Morgan fingerprint density at radius 2 is 1.65 bits per heavy atom. The normalized spacial score (nSPS) is 20.9. The molecule has 2 aromatic rings. The van der Waals surface area contributed by atoms with Gasteiger partial charge in [-0.25, -0.2) is 9.97 Å². The molecular formula is C31H48N4O2. The largest absolute Gasteiger partial charge is 0.493 e. The van der Waals surface area contributed by atoms with Crippen LogP contribution < -0.4 is 9.47 Å². The van der Waals surface area contributed by atoms with E-state index in [-0.39, 0.29) is 0 Å². The number of hydrogen-bond acceptors (Lipinski definition) is 6. The van der Waals surface area contributed by atoms with Crippen molar-refractivity contribution in [2.45, 2.75) is 79.1 Å². The maximum atomic E-state index is 6.10. The van der Waals surface area contributed by atoms with E-state index in [0.717, 1.165) is 40.3 Å². The summed E-state index contributed by atoms with van der Waals surface area (Å²) >= 11 is 0. The Labute approximate surface area is 224 Å². The average molecular weight is 509 g/mol. The van der Waals surface area contributed by atoms with Gasteiger partial charge in [-0.1, -0.05) is 38.3 Å². The van der Waals surface area contributed by atoms with Crippen molar-refractivity contribution in [3.05, 3.63) is 35.3 Å². The SMILES string of the molecule is CCC1=CCC(C)(CCN2CCN(CCCCCCOc3cc4nc(C)nc(C)c4cc3OC)CC2)C1. The van der Waals surface area contributed by atoms with Gasteiger partial charge < -0.3 is 19.3 Å². The van der Waals surface area contributed by atoms with Crippen LogP contribution in [-0.4, -0.2) is 72.8 Å². The zero-order valence-electron chi connectivity index (χ0n) is 23.9. The second-order valence-corrected chi connectivity index (χ2v) is 11.5. The number of nitrogens with zero attached hydrogens (tertiary/aromatic N) is 4. The zero-order valence-corrected chi connectivity index (χ0v) is 23.9. The van der Waals surface area contributed by atoms with E-state index in [9.17, 15) is 0 Å². The number of aryl methyl sites for hydroxylation is 2. The summed E-state index contributed by atoms with van der Waals surface area (Å²) in [6, 6.07) is 3.98. The molecule has 0 spiro atoms. The first-order chi connectivity index (χ1) is 17.9. The monoisotopic (exact) mass is 508 g/mol. The molecule has 6 nitrogen and oxygen atoms in total. The predicted molar refractivity (Wildman–Crippen MR) is 153 cm³/mol. The second kappa shape index (κ2) is 13.1. The van der Waals surface area contributed by atoms with Gasteiger partial charge in [0.2, 0.25) is 0 Å². The minimum absolute atomic E-state index is 0.512. The number of allylic oxidation sites excluding steroid dienone is 2. The van der Waals surface area contributed by atoms with Gasteiger partial charge in [0.25, 0.3) is 0 Å². The lowest BCUT2D eigenvalue weighted by molar-refractivity contribution is 0.116. The van der Waals surface area contributed by atoms with Gasteiger partial charge in [-0.15, -0.1) is 0 Å². The van der Waals surface area contributed by atoms with Crippen molar-refractivity contribution in [3.63, 3.8) is 0 Å². The Balaban J connectivity index is 1.08. The van der Waals surface area contributed by atoms with E-state index in [4.69, 9.17) is 9.47 Å². The standard InChI is InChI=1S/C31H48N4O2/c1-6-26-11-12-31(4,23-26)13-15-35-18-16-34(17-19-35)14-9-7-8-10-20-37-30-22-28-27(21-29(30)36-5)24(2)32-25(3)33-28/h11,21-22H,6-10,12-20,23H2,1-5H3. The topological polar surface area (TPSA) is 50.7 Å². The van der Waals surface area contributed by atoms with Crippen LogP contribution in [-0.2, 0) is 0 Å². The molecule has 0 radical (unpaired) electrons. The van der Waals surface area contributed by atoms with Crippen molar-refractivity contribution < 1.29 is 9.47 Å². The van der Waals surface area contributed by atoms with Crippen LogP contribution in [0.15, 0.2) is 23.8 Å². The molecule has 0 amide bonds. The Kier molecular flexibility index (Phi) is 9.83. The number of hydrogen-bond donors (Lipinski definition) is 0. The Morgan fingerprint density at radius 1 is 0.919 bits per heavy atom. The Bertz CT molecular complexity index is 1060. The highest BCUT2D eigenvalue weighted by molar-refractivity contribution is 5.84. The minimum atomic E-state index is 0.512. The van der Waals surface area contributed by atoms with E-state index in [0.29, 0.717) is 12.0 Å². The molecule has 1 unspecified atom stereocenters. The zero-order chi connectivity index (χ0) is 26.3. The predicted octanol–water partition coefficient (Wildman–Crippen LogP) is 6.34. The molecule has 2 heterocycles. The minimum Gasteiger partial charge on any atom is -0.493 e. The van der Waals surface area contributed by atoms with Gasteiger partial charge in [-0.3, -0.25) is 0 Å². The maximum absolute atomic E-state index is 6.10. The number of ether oxygens (including phenoxy) is 2. The molecule has 2 aliphatic rings. The molecular weight excluding hydrogens is 460 g/mol. The van der Waals surface area contributed by atoms with E-state index >= 15 is 0 Å². The number of piperazine rings is 1. The van der Waals surface area contributed by atoms with Crippen molar-refractivity contribution >= 4 is 10.9 Å². The molecule has 0 bridgehead atoms. The van der Waals surface area contributed by atoms with Crippen molar-refractivity contribution in [2.75, 3.05) is 53.0 Å². The Hall–Kier alpha value is -2.18. The number of fused-ring (bicyclic) bond motifs is 1. The summed E-state index contributed by atoms with van der Waals surface area (Å²) in [6.45, 7) is 16.8. The van der Waals surface area contributed by atoms with E-state index in [1.807, 2.05) is 26.0 Å². The fourth-order valence-corrected chi connectivity index (χ4v) is 5.89. The molecule has 1 atom stereocenters. The lowest BCUT2D eigenvalue weighted by Crippen LogP contribution is -2.47. The molecule has 1 aliphatic heterocycles. The van der Waals surface area contributed by atoms with Crippen LogP contribution >= 0.6 is 0 Å².